The molecule has 0 spiro atoms. The Bertz CT molecular complexity index is 2230. The van der Waals surface area contributed by atoms with Crippen molar-refractivity contribution in [3.05, 3.63) is 127 Å². The van der Waals surface area contributed by atoms with Crippen LogP contribution >= 0.6 is 0 Å². The van der Waals surface area contributed by atoms with Crippen molar-refractivity contribution in [3.8, 4) is 17.1 Å². The number of para-hydroxylation sites is 3. The van der Waals surface area contributed by atoms with Crippen molar-refractivity contribution in [1.29, 1.82) is 0 Å². The molecule has 0 atom stereocenters. The summed E-state index contributed by atoms with van der Waals surface area (Å²) >= 11 is 0. The Morgan fingerprint density at radius 3 is 2.15 bits per heavy atom. The molecule has 0 aliphatic carbocycles. The van der Waals surface area contributed by atoms with E-state index in [0.29, 0.717) is 0 Å². The van der Waals surface area contributed by atoms with E-state index < -0.39 is 0 Å². The van der Waals surface area contributed by atoms with Crippen molar-refractivity contribution >= 4 is 68.0 Å². The summed E-state index contributed by atoms with van der Waals surface area (Å²) < 4.78 is 8.48. The van der Waals surface area contributed by atoms with Gasteiger partial charge in [0.15, 0.2) is 0 Å². The molecule has 8 aromatic rings. The van der Waals surface area contributed by atoms with Crippen molar-refractivity contribution in [2.75, 3.05) is 4.81 Å². The number of pyridine rings is 1. The zero-order valence-electron chi connectivity index (χ0n) is 21.9. The van der Waals surface area contributed by atoms with E-state index in [-0.39, 0.29) is 31.1 Å². The van der Waals surface area contributed by atoms with Crippen LogP contribution in [0.2, 0.25) is 0 Å². The molecule has 6 heteroatoms. The van der Waals surface area contributed by atoms with E-state index in [0.717, 1.165) is 66.9 Å². The molecule has 189 valence electrons. The van der Waals surface area contributed by atoms with Crippen LogP contribution in [0.15, 0.2) is 126 Å². The molecule has 0 N–H and O–H groups in total. The number of anilines is 2. The van der Waals surface area contributed by atoms with Crippen LogP contribution in [0.1, 0.15) is 0 Å². The molecular weight excluding hydrogens is 727 g/mol. The number of fused-ring (bicyclic) bond motifs is 9. The van der Waals surface area contributed by atoms with Crippen molar-refractivity contribution in [1.82, 2.24) is 9.55 Å². The standard InChI is InChI=1S/C35H20BN3O.U/c1-5-13-28-27(12-1)35-31(39(36-28)22-17-18-26-25-11-4-8-16-32(25)40-33(26)21-22)19-20-34(37-35)38-29-14-6-2-9-23(29)24-10-3-7-15-30(24)38;/h1-16,18-21H;/q-1;. The van der Waals surface area contributed by atoms with E-state index in [9.17, 15) is 0 Å². The van der Waals surface area contributed by atoms with Crippen molar-refractivity contribution in [2.45, 2.75) is 0 Å². The molecule has 1 radical (unpaired) electrons. The third kappa shape index (κ3) is 3.65. The van der Waals surface area contributed by atoms with Crippen LogP contribution in [-0.4, -0.2) is 17.0 Å². The van der Waals surface area contributed by atoms with Gasteiger partial charge < -0.3 is 9.23 Å². The van der Waals surface area contributed by atoms with Crippen LogP contribution in [0.4, 0.5) is 11.4 Å². The molecule has 5 aromatic carbocycles. The Hall–Kier alpha value is -4.23. The first kappa shape index (κ1) is 24.6. The van der Waals surface area contributed by atoms with Gasteiger partial charge in [-0.3, -0.25) is 4.57 Å². The maximum Gasteiger partial charge on any atom is 0.289 e. The van der Waals surface area contributed by atoms with Crippen LogP contribution < -0.4 is 10.3 Å². The first-order chi connectivity index (χ1) is 19.8. The number of furan rings is 1. The summed E-state index contributed by atoms with van der Waals surface area (Å²) in [5.41, 5.74) is 9.10. The Morgan fingerprint density at radius 1 is 0.659 bits per heavy atom. The number of hydrogen-bond donors (Lipinski definition) is 0. The first-order valence-electron chi connectivity index (χ1n) is 13.4. The minimum Gasteiger partial charge on any atom is -0.483 e. The molecule has 3 aromatic heterocycles. The fourth-order valence-electron chi connectivity index (χ4n) is 6.15. The summed E-state index contributed by atoms with van der Waals surface area (Å²) in [5, 5.41) is 4.62. The van der Waals surface area contributed by atoms with Crippen molar-refractivity contribution < 1.29 is 35.5 Å². The van der Waals surface area contributed by atoms with Gasteiger partial charge in [-0.1, -0.05) is 95.4 Å². The fraction of sp³-hybridized carbons (Fsp3) is 0. The number of rotatable bonds is 2. The predicted molar refractivity (Wildman–Crippen MR) is 164 cm³/mol. The maximum atomic E-state index is 6.21. The van der Waals surface area contributed by atoms with E-state index in [2.05, 4.69) is 120 Å². The maximum absolute atomic E-state index is 6.21. The van der Waals surface area contributed by atoms with E-state index in [1.54, 1.807) is 0 Å². The smallest absolute Gasteiger partial charge is 0.289 e. The summed E-state index contributed by atoms with van der Waals surface area (Å²) in [6.45, 7) is 0. The van der Waals surface area contributed by atoms with Crippen LogP contribution in [0, 0.1) is 37.2 Å². The molecule has 4 heterocycles. The minimum absolute atomic E-state index is 0. The van der Waals surface area contributed by atoms with Gasteiger partial charge in [0.2, 0.25) is 0 Å². The molecular formula is C35H20BN3OU-. The van der Waals surface area contributed by atoms with Crippen LogP contribution in [0.3, 0.4) is 0 Å². The van der Waals surface area contributed by atoms with Gasteiger partial charge in [0.1, 0.15) is 11.4 Å². The topological polar surface area (TPSA) is 34.2 Å². The van der Waals surface area contributed by atoms with E-state index >= 15 is 0 Å². The van der Waals surface area contributed by atoms with E-state index in [1.807, 2.05) is 24.3 Å². The molecule has 0 fully saturated rings. The number of aromatic nitrogens is 2. The molecule has 41 heavy (non-hydrogen) atoms. The second-order valence-corrected chi connectivity index (χ2v) is 10.2. The van der Waals surface area contributed by atoms with Crippen molar-refractivity contribution in [2.24, 2.45) is 0 Å². The van der Waals surface area contributed by atoms with Gasteiger partial charge in [-0.05, 0) is 41.3 Å². The van der Waals surface area contributed by atoms with E-state index in [1.165, 1.54) is 10.8 Å². The Kier molecular flexibility index (Phi) is 5.64. The zero-order valence-corrected chi connectivity index (χ0v) is 26.0. The summed E-state index contributed by atoms with van der Waals surface area (Å²) in [7, 11) is 2.17. The SMILES string of the molecule is [B]1c2ccccc2-c2nc(-n3c4ccccc4c4ccccc43)ccc2N1c1[c-]cc2c(c1)oc1ccccc12.[U]. The largest absolute Gasteiger partial charge is 0.483 e. The van der Waals surface area contributed by atoms with Gasteiger partial charge in [0.05, 0.1) is 22.4 Å². The molecule has 0 unspecified atom stereocenters. The quantitative estimate of drug-likeness (QED) is 0.133. The Labute approximate surface area is 260 Å². The molecule has 0 bridgehead atoms. The van der Waals surface area contributed by atoms with Gasteiger partial charge in [-0.2, -0.15) is 12.1 Å². The average Bonchev–Trinajstić information content (AvgIpc) is 3.56. The Balaban J connectivity index is 0.00000256. The molecule has 9 rings (SSSR count). The monoisotopic (exact) mass is 747 g/mol. The molecule has 4 nitrogen and oxygen atoms in total. The average molecular weight is 747 g/mol. The molecule has 1 aliphatic rings. The van der Waals surface area contributed by atoms with Crippen molar-refractivity contribution in [3.63, 3.8) is 0 Å². The summed E-state index contributed by atoms with van der Waals surface area (Å²) in [6.07, 6.45) is 0. The minimum atomic E-state index is 0. The summed E-state index contributed by atoms with van der Waals surface area (Å²) in [5.74, 6) is 0.893. The third-order valence-corrected chi connectivity index (χ3v) is 7.97. The van der Waals surface area contributed by atoms with Crippen LogP contribution in [-0.2, 0) is 0 Å². The predicted octanol–water partition coefficient (Wildman–Crippen LogP) is 7.94. The normalized spacial score (nSPS) is 12.3. The van der Waals surface area contributed by atoms with Crippen LogP contribution in [0.5, 0.6) is 0 Å². The van der Waals surface area contributed by atoms with Gasteiger partial charge in [0, 0.05) is 47.5 Å². The number of nitrogens with zero attached hydrogens (tertiary/aromatic N) is 3. The first-order valence-corrected chi connectivity index (χ1v) is 13.4. The Morgan fingerprint density at radius 2 is 1.34 bits per heavy atom. The zero-order chi connectivity index (χ0) is 26.2. The van der Waals surface area contributed by atoms with E-state index in [4.69, 9.17) is 9.40 Å². The number of benzene rings is 5. The van der Waals surface area contributed by atoms with Gasteiger partial charge in [0.25, 0.3) is 7.41 Å². The summed E-state index contributed by atoms with van der Waals surface area (Å²) in [4.78, 5) is 7.51. The summed E-state index contributed by atoms with van der Waals surface area (Å²) in [6, 6.07) is 45.6. The molecule has 0 saturated carbocycles. The third-order valence-electron chi connectivity index (χ3n) is 7.97. The second kappa shape index (κ2) is 9.41. The molecule has 1 aliphatic heterocycles. The van der Waals surface area contributed by atoms with Gasteiger partial charge >= 0.3 is 0 Å². The molecule has 0 amide bonds. The molecule has 0 saturated heterocycles. The van der Waals surface area contributed by atoms with Crippen LogP contribution in [0.25, 0.3) is 60.8 Å². The van der Waals surface area contributed by atoms with Gasteiger partial charge in [-0.25, -0.2) is 4.98 Å². The number of hydrogen-bond acceptors (Lipinski definition) is 3. The van der Waals surface area contributed by atoms with Gasteiger partial charge in [-0.15, -0.1) is 6.07 Å². The fourth-order valence-corrected chi connectivity index (χ4v) is 6.15. The second-order valence-electron chi connectivity index (χ2n) is 10.2.